The van der Waals surface area contributed by atoms with E-state index in [1.807, 2.05) is 48.5 Å². The quantitative estimate of drug-likeness (QED) is 0.645. The molecule has 6 heteroatoms. The van der Waals surface area contributed by atoms with Crippen LogP contribution in [0.5, 0.6) is 0 Å². The van der Waals surface area contributed by atoms with Crippen LogP contribution in [0.4, 0.5) is 5.69 Å². The fourth-order valence-electron chi connectivity index (χ4n) is 2.39. The van der Waals surface area contributed by atoms with E-state index in [2.05, 4.69) is 10.3 Å². The van der Waals surface area contributed by atoms with Gasteiger partial charge in [-0.3, -0.25) is 4.79 Å². The first-order chi connectivity index (χ1) is 11.0. The van der Waals surface area contributed by atoms with Crippen LogP contribution in [0.15, 0.2) is 54.6 Å². The van der Waals surface area contributed by atoms with Crippen LogP contribution in [-0.2, 0) is 0 Å². The summed E-state index contributed by atoms with van der Waals surface area (Å²) in [5, 5.41) is 3.81. The zero-order valence-electron chi connectivity index (χ0n) is 12.1. The van der Waals surface area contributed by atoms with Gasteiger partial charge in [0.1, 0.15) is 0 Å². The zero-order valence-corrected chi connectivity index (χ0v) is 12.9. The van der Waals surface area contributed by atoms with Gasteiger partial charge in [-0.05, 0) is 36.5 Å². The summed E-state index contributed by atoms with van der Waals surface area (Å²) in [4.78, 5) is 16.3. The van der Waals surface area contributed by atoms with Gasteiger partial charge < -0.3 is 16.8 Å². The van der Waals surface area contributed by atoms with Crippen molar-refractivity contribution in [2.75, 3.05) is 5.32 Å². The van der Waals surface area contributed by atoms with Crippen LogP contribution in [0, 0.1) is 0 Å². The van der Waals surface area contributed by atoms with Gasteiger partial charge in [0.15, 0.2) is 5.11 Å². The van der Waals surface area contributed by atoms with Crippen LogP contribution in [-0.4, -0.2) is 16.0 Å². The third kappa shape index (κ3) is 3.12. The SMILES string of the molecule is NC(=O)c1cc(-c2ccc(NC(N)=S)cc2)nc2ccccc12. The molecular weight excluding hydrogens is 308 g/mol. The number of thiocarbonyl (C=S) groups is 1. The number of nitrogens with zero attached hydrogens (tertiary/aromatic N) is 1. The molecule has 1 aromatic heterocycles. The standard InChI is InChI=1S/C17H14N4OS/c18-16(22)13-9-15(21-14-4-2-1-3-12(13)14)10-5-7-11(8-6-10)20-17(19)23/h1-9H,(H2,18,22)(H3,19,20,23). The Balaban J connectivity index is 2.09. The third-order valence-corrected chi connectivity index (χ3v) is 3.53. The second-order valence-corrected chi connectivity index (χ2v) is 5.44. The molecule has 0 saturated heterocycles. The highest BCUT2D eigenvalue weighted by molar-refractivity contribution is 7.80. The summed E-state index contributed by atoms with van der Waals surface area (Å²) in [6, 6.07) is 16.6. The number of para-hydroxylation sites is 1. The maximum absolute atomic E-state index is 11.7. The van der Waals surface area contributed by atoms with Crippen molar-refractivity contribution in [2.24, 2.45) is 11.5 Å². The summed E-state index contributed by atoms with van der Waals surface area (Å²) in [7, 11) is 0. The lowest BCUT2D eigenvalue weighted by Gasteiger charge is -2.09. The van der Waals surface area contributed by atoms with E-state index >= 15 is 0 Å². The Labute approximate surface area is 138 Å². The maximum Gasteiger partial charge on any atom is 0.249 e. The number of benzene rings is 2. The molecule has 0 saturated carbocycles. The van der Waals surface area contributed by atoms with Crippen LogP contribution in [0.1, 0.15) is 10.4 Å². The third-order valence-electron chi connectivity index (χ3n) is 3.43. The Morgan fingerprint density at radius 3 is 2.39 bits per heavy atom. The lowest BCUT2D eigenvalue weighted by atomic mass is 10.0. The van der Waals surface area contributed by atoms with E-state index in [4.69, 9.17) is 23.7 Å². The second-order valence-electron chi connectivity index (χ2n) is 5.00. The van der Waals surface area contributed by atoms with Gasteiger partial charge in [0.05, 0.1) is 16.8 Å². The van der Waals surface area contributed by atoms with Crippen LogP contribution < -0.4 is 16.8 Å². The number of nitrogens with one attached hydrogen (secondary N) is 1. The minimum atomic E-state index is -0.475. The maximum atomic E-state index is 11.7. The largest absolute Gasteiger partial charge is 0.376 e. The van der Waals surface area contributed by atoms with Crippen molar-refractivity contribution >= 4 is 39.8 Å². The molecule has 0 bridgehead atoms. The van der Waals surface area contributed by atoms with Gasteiger partial charge >= 0.3 is 0 Å². The van der Waals surface area contributed by atoms with Crippen molar-refractivity contribution in [2.45, 2.75) is 0 Å². The van der Waals surface area contributed by atoms with E-state index in [9.17, 15) is 4.79 Å². The van der Waals surface area contributed by atoms with Crippen molar-refractivity contribution in [1.82, 2.24) is 4.98 Å². The van der Waals surface area contributed by atoms with Gasteiger partial charge in [-0.2, -0.15) is 0 Å². The van der Waals surface area contributed by atoms with Crippen molar-refractivity contribution in [3.63, 3.8) is 0 Å². The predicted molar refractivity (Wildman–Crippen MR) is 96.1 cm³/mol. The molecule has 0 unspecified atom stereocenters. The first-order valence-electron chi connectivity index (χ1n) is 6.91. The number of nitrogens with two attached hydrogens (primary N) is 2. The first kappa shape index (κ1) is 14.9. The molecule has 0 aliphatic carbocycles. The van der Waals surface area contributed by atoms with E-state index in [0.29, 0.717) is 11.3 Å². The van der Waals surface area contributed by atoms with Crippen LogP contribution in [0.3, 0.4) is 0 Å². The summed E-state index contributed by atoms with van der Waals surface area (Å²) < 4.78 is 0. The van der Waals surface area contributed by atoms with Gasteiger partial charge in [0.2, 0.25) is 5.91 Å². The molecule has 2 aromatic carbocycles. The number of fused-ring (bicyclic) bond motifs is 1. The molecule has 1 amide bonds. The summed E-state index contributed by atoms with van der Waals surface area (Å²) in [6.45, 7) is 0. The van der Waals surface area contributed by atoms with Gasteiger partial charge in [0.25, 0.3) is 0 Å². The Bertz CT molecular complexity index is 906. The highest BCUT2D eigenvalue weighted by Crippen LogP contribution is 2.25. The van der Waals surface area contributed by atoms with Crippen molar-refractivity contribution in [1.29, 1.82) is 0 Å². The minimum Gasteiger partial charge on any atom is -0.376 e. The van der Waals surface area contributed by atoms with Crippen LogP contribution in [0.2, 0.25) is 0 Å². The highest BCUT2D eigenvalue weighted by Gasteiger charge is 2.11. The van der Waals surface area contributed by atoms with Crippen LogP contribution in [0.25, 0.3) is 22.2 Å². The molecule has 3 rings (SSSR count). The number of hydrogen-bond acceptors (Lipinski definition) is 3. The molecule has 1 heterocycles. The first-order valence-corrected chi connectivity index (χ1v) is 7.32. The van der Waals surface area contributed by atoms with Gasteiger partial charge in [0, 0.05) is 16.6 Å². The molecule has 114 valence electrons. The zero-order chi connectivity index (χ0) is 16.4. The number of amides is 1. The lowest BCUT2D eigenvalue weighted by Crippen LogP contribution is -2.18. The van der Waals surface area contributed by atoms with E-state index in [-0.39, 0.29) is 5.11 Å². The van der Waals surface area contributed by atoms with Crippen molar-refractivity contribution in [3.05, 3.63) is 60.2 Å². The monoisotopic (exact) mass is 322 g/mol. The normalized spacial score (nSPS) is 10.4. The van der Waals surface area contributed by atoms with E-state index in [0.717, 1.165) is 22.2 Å². The Hall–Kier alpha value is -2.99. The number of carbonyl (C=O) groups excluding carboxylic acids is 1. The van der Waals surface area contributed by atoms with Crippen molar-refractivity contribution in [3.8, 4) is 11.3 Å². The summed E-state index contributed by atoms with van der Waals surface area (Å²) in [5.74, 6) is -0.475. The predicted octanol–water partition coefficient (Wildman–Crippen LogP) is 2.66. The molecule has 0 aliphatic heterocycles. The molecule has 5 nitrogen and oxygen atoms in total. The summed E-state index contributed by atoms with van der Waals surface area (Å²) in [5.41, 5.74) is 14.5. The molecule has 5 N–H and O–H groups in total. The number of aromatic nitrogens is 1. The average molecular weight is 322 g/mol. The number of hydrogen-bond donors (Lipinski definition) is 3. The summed E-state index contributed by atoms with van der Waals surface area (Å²) >= 11 is 4.81. The Morgan fingerprint density at radius 1 is 1.04 bits per heavy atom. The second kappa shape index (κ2) is 6.02. The van der Waals surface area contributed by atoms with E-state index in [1.54, 1.807) is 6.07 Å². The average Bonchev–Trinajstić information content (AvgIpc) is 2.54. The lowest BCUT2D eigenvalue weighted by molar-refractivity contribution is 0.100. The van der Waals surface area contributed by atoms with Gasteiger partial charge in [-0.25, -0.2) is 4.98 Å². The Morgan fingerprint density at radius 2 is 1.74 bits per heavy atom. The number of pyridine rings is 1. The molecular formula is C17H14N4OS. The smallest absolute Gasteiger partial charge is 0.249 e. The Kier molecular flexibility index (Phi) is 3.91. The fraction of sp³-hybridized carbons (Fsp3) is 0. The summed E-state index contributed by atoms with van der Waals surface area (Å²) in [6.07, 6.45) is 0. The van der Waals surface area contributed by atoms with Crippen LogP contribution >= 0.6 is 12.2 Å². The number of primary amides is 1. The molecule has 0 aliphatic rings. The van der Waals surface area contributed by atoms with E-state index in [1.165, 1.54) is 0 Å². The number of anilines is 1. The van der Waals surface area contributed by atoms with Gasteiger partial charge in [-0.15, -0.1) is 0 Å². The minimum absolute atomic E-state index is 0.206. The van der Waals surface area contributed by atoms with E-state index < -0.39 is 5.91 Å². The molecule has 3 aromatic rings. The molecule has 23 heavy (non-hydrogen) atoms. The highest BCUT2D eigenvalue weighted by atomic mass is 32.1. The molecule has 0 spiro atoms. The number of rotatable bonds is 3. The number of carbonyl (C=O) groups is 1. The van der Waals surface area contributed by atoms with Crippen molar-refractivity contribution < 1.29 is 4.79 Å². The topological polar surface area (TPSA) is 94.0 Å². The fourth-order valence-corrected chi connectivity index (χ4v) is 2.51. The molecule has 0 atom stereocenters. The molecule has 0 radical (unpaired) electrons. The van der Waals surface area contributed by atoms with Gasteiger partial charge in [-0.1, -0.05) is 30.3 Å². The molecule has 0 fully saturated rings.